The minimum atomic E-state index is 0.334. The van der Waals surface area contributed by atoms with Gasteiger partial charge in [-0.1, -0.05) is 6.92 Å². The fourth-order valence-corrected chi connectivity index (χ4v) is 2.48. The van der Waals surface area contributed by atoms with Gasteiger partial charge in [-0.25, -0.2) is 0 Å². The van der Waals surface area contributed by atoms with Gasteiger partial charge in [0, 0.05) is 32.7 Å². The summed E-state index contributed by atoms with van der Waals surface area (Å²) < 4.78 is 7.20. The molecule has 3 N–H and O–H groups in total. The maximum atomic E-state index is 6.12. The van der Waals surface area contributed by atoms with Gasteiger partial charge in [0.15, 0.2) is 0 Å². The van der Waals surface area contributed by atoms with Crippen molar-refractivity contribution in [1.82, 2.24) is 14.7 Å². The number of hydrogen-bond donors (Lipinski definition) is 2. The smallest absolute Gasteiger partial charge is 0.148 e. The first kappa shape index (κ1) is 14.1. The summed E-state index contributed by atoms with van der Waals surface area (Å²) in [7, 11) is 1.93. The third kappa shape index (κ3) is 3.39. The first-order chi connectivity index (χ1) is 9.11. The lowest BCUT2D eigenvalue weighted by Crippen LogP contribution is -2.42. The van der Waals surface area contributed by atoms with Gasteiger partial charge < -0.3 is 15.8 Å². The SMILES string of the molecule is CCc1nn(C)c(NC(C)CN2CCOCC2)c1N. The van der Waals surface area contributed by atoms with Crippen LogP contribution in [-0.2, 0) is 18.2 Å². The van der Waals surface area contributed by atoms with Crippen LogP contribution in [0.1, 0.15) is 19.5 Å². The number of anilines is 2. The second-order valence-corrected chi connectivity index (χ2v) is 5.14. The molecule has 0 amide bonds. The monoisotopic (exact) mass is 267 g/mol. The Labute approximate surface area is 114 Å². The van der Waals surface area contributed by atoms with Crippen LogP contribution in [-0.4, -0.2) is 53.6 Å². The van der Waals surface area contributed by atoms with E-state index < -0.39 is 0 Å². The maximum absolute atomic E-state index is 6.12. The molecule has 6 heteroatoms. The first-order valence-corrected chi connectivity index (χ1v) is 6.99. The zero-order chi connectivity index (χ0) is 13.8. The molecule has 1 atom stereocenters. The number of nitrogens with one attached hydrogen (secondary N) is 1. The van der Waals surface area contributed by atoms with E-state index in [4.69, 9.17) is 10.5 Å². The van der Waals surface area contributed by atoms with Crippen LogP contribution in [0.25, 0.3) is 0 Å². The molecule has 0 bridgehead atoms. The highest BCUT2D eigenvalue weighted by atomic mass is 16.5. The molecular weight excluding hydrogens is 242 g/mol. The predicted octanol–water partition coefficient (Wildman–Crippen LogP) is 0.697. The first-order valence-electron chi connectivity index (χ1n) is 6.99. The van der Waals surface area contributed by atoms with Crippen molar-refractivity contribution >= 4 is 11.5 Å². The molecule has 6 nitrogen and oxygen atoms in total. The minimum Gasteiger partial charge on any atom is -0.394 e. The lowest BCUT2D eigenvalue weighted by molar-refractivity contribution is 0.0368. The van der Waals surface area contributed by atoms with Crippen LogP contribution in [0.2, 0.25) is 0 Å². The molecule has 2 rings (SSSR count). The Morgan fingerprint density at radius 3 is 2.68 bits per heavy atom. The zero-order valence-corrected chi connectivity index (χ0v) is 12.1. The van der Waals surface area contributed by atoms with E-state index in [1.807, 2.05) is 11.7 Å². The quantitative estimate of drug-likeness (QED) is 0.822. The van der Waals surface area contributed by atoms with Gasteiger partial charge in [0.1, 0.15) is 5.82 Å². The van der Waals surface area contributed by atoms with Gasteiger partial charge in [0.05, 0.1) is 24.6 Å². The molecule has 108 valence electrons. The fraction of sp³-hybridized carbons (Fsp3) is 0.769. The minimum absolute atomic E-state index is 0.334. The number of nitrogen functional groups attached to an aromatic ring is 1. The number of nitrogens with zero attached hydrogens (tertiary/aromatic N) is 3. The summed E-state index contributed by atoms with van der Waals surface area (Å²) in [6, 6.07) is 0.334. The number of rotatable bonds is 5. The zero-order valence-electron chi connectivity index (χ0n) is 12.1. The Morgan fingerprint density at radius 1 is 1.42 bits per heavy atom. The third-order valence-electron chi connectivity index (χ3n) is 3.51. The van der Waals surface area contributed by atoms with Gasteiger partial charge >= 0.3 is 0 Å². The number of ether oxygens (including phenoxy) is 1. The molecule has 2 heterocycles. The van der Waals surface area contributed by atoms with E-state index in [1.165, 1.54) is 0 Å². The van der Waals surface area contributed by atoms with Crippen molar-refractivity contribution < 1.29 is 4.74 Å². The Hall–Kier alpha value is -1.27. The Balaban J connectivity index is 1.94. The standard InChI is InChI=1S/C13H25N5O/c1-4-11-12(14)13(17(3)16-11)15-10(2)9-18-5-7-19-8-6-18/h10,15H,4-9,14H2,1-3H3. The van der Waals surface area contributed by atoms with E-state index in [1.54, 1.807) is 0 Å². The maximum Gasteiger partial charge on any atom is 0.148 e. The van der Waals surface area contributed by atoms with Crippen molar-refractivity contribution in [2.45, 2.75) is 26.3 Å². The number of morpholine rings is 1. The largest absolute Gasteiger partial charge is 0.394 e. The second kappa shape index (κ2) is 6.25. The van der Waals surface area contributed by atoms with Gasteiger partial charge in [0.25, 0.3) is 0 Å². The van der Waals surface area contributed by atoms with Gasteiger partial charge in [-0.3, -0.25) is 9.58 Å². The van der Waals surface area contributed by atoms with Crippen molar-refractivity contribution in [3.63, 3.8) is 0 Å². The van der Waals surface area contributed by atoms with Crippen LogP contribution >= 0.6 is 0 Å². The van der Waals surface area contributed by atoms with Crippen LogP contribution in [0, 0.1) is 0 Å². The van der Waals surface area contributed by atoms with Crippen LogP contribution in [0.4, 0.5) is 11.5 Å². The Kier molecular flexibility index (Phi) is 4.66. The average molecular weight is 267 g/mol. The van der Waals surface area contributed by atoms with Crippen molar-refractivity contribution in [3.8, 4) is 0 Å². The molecule has 0 spiro atoms. The lowest BCUT2D eigenvalue weighted by atomic mass is 10.2. The Morgan fingerprint density at radius 2 is 2.11 bits per heavy atom. The summed E-state index contributed by atoms with van der Waals surface area (Å²) in [6.07, 6.45) is 0.860. The molecule has 1 aliphatic rings. The Bertz CT molecular complexity index is 411. The topological polar surface area (TPSA) is 68.3 Å². The van der Waals surface area contributed by atoms with E-state index in [0.29, 0.717) is 6.04 Å². The second-order valence-electron chi connectivity index (χ2n) is 5.14. The summed E-state index contributed by atoms with van der Waals surface area (Å²) in [5.74, 6) is 0.928. The van der Waals surface area contributed by atoms with Crippen molar-refractivity contribution in [2.75, 3.05) is 43.9 Å². The highest BCUT2D eigenvalue weighted by Crippen LogP contribution is 2.23. The van der Waals surface area contributed by atoms with Gasteiger partial charge in [-0.05, 0) is 13.3 Å². The average Bonchev–Trinajstić information content (AvgIpc) is 2.67. The normalized spacial score (nSPS) is 18.5. The third-order valence-corrected chi connectivity index (χ3v) is 3.51. The van der Waals surface area contributed by atoms with Crippen LogP contribution in [0.5, 0.6) is 0 Å². The fourth-order valence-electron chi connectivity index (χ4n) is 2.48. The van der Waals surface area contributed by atoms with E-state index in [2.05, 4.69) is 29.2 Å². The predicted molar refractivity (Wildman–Crippen MR) is 77.3 cm³/mol. The van der Waals surface area contributed by atoms with Gasteiger partial charge in [-0.15, -0.1) is 0 Å². The number of aromatic nitrogens is 2. The molecule has 1 saturated heterocycles. The molecule has 0 radical (unpaired) electrons. The summed E-state index contributed by atoms with van der Waals surface area (Å²) in [6.45, 7) is 8.92. The van der Waals surface area contributed by atoms with Gasteiger partial charge in [0.2, 0.25) is 0 Å². The highest BCUT2D eigenvalue weighted by Gasteiger charge is 2.17. The van der Waals surface area contributed by atoms with E-state index >= 15 is 0 Å². The summed E-state index contributed by atoms with van der Waals surface area (Å²) in [5, 5.41) is 7.90. The van der Waals surface area contributed by atoms with E-state index in [0.717, 1.165) is 56.5 Å². The van der Waals surface area contributed by atoms with Crippen molar-refractivity contribution in [2.24, 2.45) is 7.05 Å². The lowest BCUT2D eigenvalue weighted by Gasteiger charge is -2.29. The summed E-state index contributed by atoms with van der Waals surface area (Å²) >= 11 is 0. The molecule has 0 aromatic carbocycles. The molecular formula is C13H25N5O. The van der Waals surface area contributed by atoms with Gasteiger partial charge in [-0.2, -0.15) is 5.10 Å². The molecule has 1 aromatic rings. The molecule has 1 fully saturated rings. The number of hydrogen-bond acceptors (Lipinski definition) is 5. The molecule has 19 heavy (non-hydrogen) atoms. The van der Waals surface area contributed by atoms with E-state index in [9.17, 15) is 0 Å². The van der Waals surface area contributed by atoms with Crippen molar-refractivity contribution in [3.05, 3.63) is 5.69 Å². The summed E-state index contributed by atoms with van der Waals surface area (Å²) in [5.41, 5.74) is 7.86. The molecule has 0 aliphatic carbocycles. The number of aryl methyl sites for hydroxylation is 2. The highest BCUT2D eigenvalue weighted by molar-refractivity contribution is 5.65. The molecule has 1 aliphatic heterocycles. The van der Waals surface area contributed by atoms with Crippen LogP contribution in [0.3, 0.4) is 0 Å². The van der Waals surface area contributed by atoms with Crippen LogP contribution in [0.15, 0.2) is 0 Å². The molecule has 0 saturated carbocycles. The number of nitrogens with two attached hydrogens (primary N) is 1. The molecule has 1 aromatic heterocycles. The van der Waals surface area contributed by atoms with Crippen LogP contribution < -0.4 is 11.1 Å². The van der Waals surface area contributed by atoms with E-state index in [-0.39, 0.29) is 0 Å². The van der Waals surface area contributed by atoms with Crippen molar-refractivity contribution in [1.29, 1.82) is 0 Å². The summed E-state index contributed by atoms with van der Waals surface area (Å²) in [4.78, 5) is 2.41. The molecule has 1 unspecified atom stereocenters.